The summed E-state index contributed by atoms with van der Waals surface area (Å²) in [5.41, 5.74) is 0.795. The number of hydrogen-bond donors (Lipinski definition) is 1. The van der Waals surface area contributed by atoms with Crippen LogP contribution in [0.2, 0.25) is 5.02 Å². The van der Waals surface area contributed by atoms with E-state index in [1.54, 1.807) is 24.3 Å². The lowest BCUT2D eigenvalue weighted by molar-refractivity contribution is -0.142. The summed E-state index contributed by atoms with van der Waals surface area (Å²) in [5, 5.41) is 12.0. The van der Waals surface area contributed by atoms with Crippen molar-refractivity contribution >= 4 is 38.9 Å². The molecule has 2 aromatic rings. The van der Waals surface area contributed by atoms with E-state index in [0.29, 0.717) is 29.3 Å². The van der Waals surface area contributed by atoms with Crippen LogP contribution in [0.4, 0.5) is 0 Å². The van der Waals surface area contributed by atoms with Crippen LogP contribution in [0.3, 0.4) is 0 Å². The number of fused-ring (bicyclic) bond motifs is 2. The summed E-state index contributed by atoms with van der Waals surface area (Å²) >= 11 is 7.12. The summed E-state index contributed by atoms with van der Waals surface area (Å²) in [6, 6.07) is 6.33. The molecule has 3 heterocycles. The van der Waals surface area contributed by atoms with E-state index in [1.807, 2.05) is 0 Å². The molecular formula is C16H15ClN2O4S2. The van der Waals surface area contributed by atoms with Crippen molar-refractivity contribution in [1.82, 2.24) is 9.29 Å². The van der Waals surface area contributed by atoms with Gasteiger partial charge in [-0.2, -0.15) is 4.31 Å². The molecule has 1 aromatic heterocycles. The highest BCUT2D eigenvalue weighted by Gasteiger charge is 2.54. The molecule has 2 saturated heterocycles. The number of carboxylic acids is 1. The van der Waals surface area contributed by atoms with Crippen LogP contribution in [-0.2, 0) is 14.8 Å². The number of thiazole rings is 1. The molecule has 2 bridgehead atoms. The number of carboxylic acid groups (broad SMARTS) is 1. The molecule has 2 aliphatic rings. The number of sulfonamides is 1. The number of aromatic nitrogens is 1. The highest BCUT2D eigenvalue weighted by molar-refractivity contribution is 7.89. The van der Waals surface area contributed by atoms with Crippen LogP contribution < -0.4 is 0 Å². The third-order valence-electron chi connectivity index (χ3n) is 4.91. The Morgan fingerprint density at radius 3 is 2.64 bits per heavy atom. The molecule has 0 amide bonds. The number of halogens is 1. The van der Waals surface area contributed by atoms with Crippen LogP contribution >= 0.6 is 22.9 Å². The van der Waals surface area contributed by atoms with Crippen LogP contribution in [0, 0.1) is 5.92 Å². The second-order valence-corrected chi connectivity index (χ2v) is 9.40. The highest BCUT2D eigenvalue weighted by Crippen LogP contribution is 2.45. The van der Waals surface area contributed by atoms with Gasteiger partial charge in [-0.15, -0.1) is 11.3 Å². The monoisotopic (exact) mass is 398 g/mol. The van der Waals surface area contributed by atoms with Gasteiger partial charge in [0.2, 0.25) is 0 Å². The van der Waals surface area contributed by atoms with Gasteiger partial charge in [0.05, 0.1) is 5.92 Å². The number of nitrogens with zero attached hydrogens (tertiary/aromatic N) is 2. The average molecular weight is 399 g/mol. The molecular weight excluding hydrogens is 384 g/mol. The zero-order chi connectivity index (χ0) is 17.8. The van der Waals surface area contributed by atoms with Gasteiger partial charge in [-0.25, -0.2) is 13.4 Å². The summed E-state index contributed by atoms with van der Waals surface area (Å²) in [7, 11) is -3.79. The molecule has 6 nitrogen and oxygen atoms in total. The number of rotatable bonds is 4. The lowest BCUT2D eigenvalue weighted by Gasteiger charge is -2.21. The molecule has 25 heavy (non-hydrogen) atoms. The zero-order valence-electron chi connectivity index (χ0n) is 13.0. The quantitative estimate of drug-likeness (QED) is 0.854. The fourth-order valence-corrected chi connectivity index (χ4v) is 6.91. The topological polar surface area (TPSA) is 87.6 Å². The van der Waals surface area contributed by atoms with Crippen molar-refractivity contribution in [3.05, 3.63) is 34.7 Å². The van der Waals surface area contributed by atoms with Crippen molar-refractivity contribution in [2.75, 3.05) is 0 Å². The summed E-state index contributed by atoms with van der Waals surface area (Å²) in [4.78, 5) is 15.7. The van der Waals surface area contributed by atoms with E-state index in [-0.39, 0.29) is 11.1 Å². The highest BCUT2D eigenvalue weighted by atomic mass is 35.5. The molecule has 3 unspecified atom stereocenters. The van der Waals surface area contributed by atoms with E-state index < -0.39 is 28.0 Å². The zero-order valence-corrected chi connectivity index (χ0v) is 15.4. The smallest absolute Gasteiger partial charge is 0.308 e. The molecule has 132 valence electrons. The Balaban J connectivity index is 1.66. The van der Waals surface area contributed by atoms with Gasteiger partial charge in [0.25, 0.3) is 10.0 Å². The first kappa shape index (κ1) is 17.0. The van der Waals surface area contributed by atoms with Crippen LogP contribution in [0.25, 0.3) is 10.6 Å². The standard InChI is InChI=1S/C16H15ClN2O4S2/c17-10-3-1-9(2-4-10)15-18-14(8-24-15)25(22,23)19-11-5-6-13(19)12(7-11)16(20)21/h1-4,8,11-13H,5-7H2,(H,20,21). The van der Waals surface area contributed by atoms with E-state index in [0.717, 1.165) is 5.56 Å². The lowest BCUT2D eigenvalue weighted by atomic mass is 9.89. The number of aliphatic carboxylic acids is 1. The van der Waals surface area contributed by atoms with Crippen LogP contribution in [0.1, 0.15) is 19.3 Å². The van der Waals surface area contributed by atoms with Gasteiger partial charge in [0, 0.05) is 28.0 Å². The van der Waals surface area contributed by atoms with E-state index >= 15 is 0 Å². The van der Waals surface area contributed by atoms with Crippen molar-refractivity contribution in [2.45, 2.75) is 36.4 Å². The molecule has 4 rings (SSSR count). The number of benzene rings is 1. The Morgan fingerprint density at radius 2 is 2.00 bits per heavy atom. The van der Waals surface area contributed by atoms with Crippen LogP contribution in [0.5, 0.6) is 0 Å². The minimum Gasteiger partial charge on any atom is -0.481 e. The van der Waals surface area contributed by atoms with Gasteiger partial charge in [-0.05, 0) is 31.4 Å². The van der Waals surface area contributed by atoms with Gasteiger partial charge in [0.15, 0.2) is 5.03 Å². The summed E-state index contributed by atoms with van der Waals surface area (Å²) in [5.74, 6) is -1.55. The minimum absolute atomic E-state index is 0.00890. The maximum Gasteiger partial charge on any atom is 0.308 e. The fraction of sp³-hybridized carbons (Fsp3) is 0.375. The normalized spacial score (nSPS) is 26.2. The molecule has 1 N–H and O–H groups in total. The molecule has 0 radical (unpaired) electrons. The fourth-order valence-electron chi connectivity index (χ4n) is 3.79. The third-order valence-corrected chi connectivity index (χ3v) is 8.06. The van der Waals surface area contributed by atoms with Crippen LogP contribution in [0.15, 0.2) is 34.7 Å². The predicted molar refractivity (Wildman–Crippen MR) is 94.1 cm³/mol. The van der Waals surface area contributed by atoms with Gasteiger partial charge in [0.1, 0.15) is 5.01 Å². The molecule has 3 atom stereocenters. The Labute approximate surface area is 154 Å². The largest absolute Gasteiger partial charge is 0.481 e. The van der Waals surface area contributed by atoms with Gasteiger partial charge in [-0.1, -0.05) is 23.7 Å². The maximum absolute atomic E-state index is 13.0. The first-order valence-corrected chi connectivity index (χ1v) is 10.6. The van der Waals surface area contributed by atoms with Gasteiger partial charge in [-0.3, -0.25) is 4.79 Å². The first-order chi connectivity index (χ1) is 11.9. The molecule has 2 fully saturated rings. The van der Waals surface area contributed by atoms with Gasteiger partial charge < -0.3 is 5.11 Å². The van der Waals surface area contributed by atoms with Crippen molar-refractivity contribution in [1.29, 1.82) is 0 Å². The van der Waals surface area contributed by atoms with E-state index in [2.05, 4.69) is 4.98 Å². The SMILES string of the molecule is O=C(O)C1CC2CCC1N2S(=O)(=O)c1csc(-c2ccc(Cl)cc2)n1. The van der Waals surface area contributed by atoms with Crippen molar-refractivity contribution in [3.8, 4) is 10.6 Å². The molecule has 9 heteroatoms. The Kier molecular flexibility index (Phi) is 4.10. The predicted octanol–water partition coefficient (Wildman–Crippen LogP) is 3.09. The Morgan fingerprint density at radius 1 is 1.28 bits per heavy atom. The Hall–Kier alpha value is -1.48. The van der Waals surface area contributed by atoms with E-state index in [4.69, 9.17) is 11.6 Å². The molecule has 0 spiro atoms. The van der Waals surface area contributed by atoms with E-state index in [9.17, 15) is 18.3 Å². The lowest BCUT2D eigenvalue weighted by Crippen LogP contribution is -2.38. The van der Waals surface area contributed by atoms with Crippen molar-refractivity contribution < 1.29 is 18.3 Å². The third kappa shape index (κ3) is 2.77. The average Bonchev–Trinajstić information content (AvgIpc) is 3.30. The molecule has 0 aliphatic carbocycles. The molecule has 0 saturated carbocycles. The number of carbonyl (C=O) groups is 1. The second kappa shape index (κ2) is 6.05. The van der Waals surface area contributed by atoms with Crippen molar-refractivity contribution in [3.63, 3.8) is 0 Å². The first-order valence-electron chi connectivity index (χ1n) is 7.86. The summed E-state index contributed by atoms with van der Waals surface area (Å²) in [6.07, 6.45) is 1.68. The Bertz CT molecular complexity index is 926. The second-order valence-electron chi connectivity index (χ2n) is 6.31. The molecule has 1 aromatic carbocycles. The summed E-state index contributed by atoms with van der Waals surface area (Å²) < 4.78 is 27.4. The maximum atomic E-state index is 13.0. The van der Waals surface area contributed by atoms with Crippen molar-refractivity contribution in [2.24, 2.45) is 5.92 Å². The molecule has 2 aliphatic heterocycles. The summed E-state index contributed by atoms with van der Waals surface area (Å²) in [6.45, 7) is 0. The van der Waals surface area contributed by atoms with Gasteiger partial charge >= 0.3 is 5.97 Å². The minimum atomic E-state index is -3.79. The number of hydrogen-bond acceptors (Lipinski definition) is 5. The van der Waals surface area contributed by atoms with E-state index in [1.165, 1.54) is 21.0 Å². The van der Waals surface area contributed by atoms with Crippen LogP contribution in [-0.4, -0.2) is 40.9 Å².